The van der Waals surface area contributed by atoms with Gasteiger partial charge in [0.15, 0.2) is 5.79 Å². The summed E-state index contributed by atoms with van der Waals surface area (Å²) in [5.41, 5.74) is -2.09. The van der Waals surface area contributed by atoms with Gasteiger partial charge in [0, 0.05) is 0 Å². The Bertz CT molecular complexity index is 210. The van der Waals surface area contributed by atoms with E-state index in [0.717, 1.165) is 0 Å². The molecule has 2 N–H and O–H groups in total. The smallest absolute Gasteiger partial charge is 0.164 e. The second-order valence-corrected chi connectivity index (χ2v) is 5.78. The summed E-state index contributed by atoms with van der Waals surface area (Å²) in [6, 6.07) is 0. The average Bonchev–Trinajstić information content (AvgIpc) is 2.23. The third-order valence-electron chi connectivity index (χ3n) is 2.49. The summed E-state index contributed by atoms with van der Waals surface area (Å²) in [4.78, 5) is 0. The first kappa shape index (κ1) is 12.9. The first-order valence-electron chi connectivity index (χ1n) is 5.24. The Morgan fingerprint density at radius 2 is 1.13 bits per heavy atom. The summed E-state index contributed by atoms with van der Waals surface area (Å²) in [7, 11) is 0. The van der Waals surface area contributed by atoms with Crippen LogP contribution >= 0.6 is 0 Å². The molecule has 0 aliphatic carbocycles. The lowest BCUT2D eigenvalue weighted by molar-refractivity contribution is -0.171. The van der Waals surface area contributed by atoms with E-state index in [2.05, 4.69) is 0 Å². The van der Waals surface area contributed by atoms with Gasteiger partial charge in [-0.1, -0.05) is 0 Å². The van der Waals surface area contributed by atoms with Crippen LogP contribution in [0.25, 0.3) is 0 Å². The molecule has 90 valence electrons. The van der Waals surface area contributed by atoms with Gasteiger partial charge < -0.3 is 19.7 Å². The van der Waals surface area contributed by atoms with Crippen LogP contribution in [0.4, 0.5) is 0 Å². The summed E-state index contributed by atoms with van der Waals surface area (Å²) < 4.78 is 11.2. The molecule has 0 spiro atoms. The van der Waals surface area contributed by atoms with Crippen LogP contribution in [-0.4, -0.2) is 39.4 Å². The van der Waals surface area contributed by atoms with E-state index in [1.807, 2.05) is 0 Å². The van der Waals surface area contributed by atoms with E-state index in [4.69, 9.17) is 9.47 Å². The lowest BCUT2D eigenvalue weighted by Gasteiger charge is -2.34. The SMILES string of the molecule is CC1(C)O[C@@H](C(C)(C)O)[C@H](C(C)(C)O)O1. The maximum atomic E-state index is 9.97. The second kappa shape index (κ2) is 3.42. The van der Waals surface area contributed by atoms with Crippen LogP contribution in [0.15, 0.2) is 0 Å². The standard InChI is InChI=1S/C11H22O4/c1-9(2,12)7-8(10(3,4)13)15-11(5,6)14-7/h7-8,12-13H,1-6H3/t7-,8-/m1/s1. The molecule has 0 bridgehead atoms. The fourth-order valence-corrected chi connectivity index (χ4v) is 1.79. The maximum absolute atomic E-state index is 9.97. The van der Waals surface area contributed by atoms with Gasteiger partial charge >= 0.3 is 0 Å². The minimum atomic E-state index is -1.04. The van der Waals surface area contributed by atoms with Crippen LogP contribution in [0.5, 0.6) is 0 Å². The summed E-state index contributed by atoms with van der Waals surface area (Å²) in [5, 5.41) is 19.9. The first-order valence-corrected chi connectivity index (χ1v) is 5.24. The van der Waals surface area contributed by atoms with Crippen LogP contribution in [0, 0.1) is 0 Å². The van der Waals surface area contributed by atoms with E-state index in [-0.39, 0.29) is 0 Å². The van der Waals surface area contributed by atoms with Gasteiger partial charge in [0.2, 0.25) is 0 Å². The quantitative estimate of drug-likeness (QED) is 0.727. The van der Waals surface area contributed by atoms with Crippen molar-refractivity contribution >= 4 is 0 Å². The summed E-state index contributed by atoms with van der Waals surface area (Å²) in [6.45, 7) is 10.2. The number of hydrogen-bond acceptors (Lipinski definition) is 4. The van der Waals surface area contributed by atoms with Crippen LogP contribution < -0.4 is 0 Å². The maximum Gasteiger partial charge on any atom is 0.164 e. The Kier molecular flexibility index (Phi) is 2.94. The highest BCUT2D eigenvalue weighted by molar-refractivity contribution is 4.98. The van der Waals surface area contributed by atoms with Gasteiger partial charge in [0.05, 0.1) is 11.2 Å². The van der Waals surface area contributed by atoms with Crippen LogP contribution in [-0.2, 0) is 9.47 Å². The molecule has 2 atom stereocenters. The number of ether oxygens (including phenoxy) is 2. The van der Waals surface area contributed by atoms with Gasteiger partial charge in [-0.05, 0) is 41.5 Å². The molecule has 0 aromatic carbocycles. The van der Waals surface area contributed by atoms with Crippen LogP contribution in [0.3, 0.4) is 0 Å². The van der Waals surface area contributed by atoms with Crippen molar-refractivity contribution in [2.45, 2.75) is 70.7 Å². The molecule has 0 amide bonds. The molecule has 0 radical (unpaired) electrons. The molecule has 1 rings (SSSR count). The van der Waals surface area contributed by atoms with Crippen molar-refractivity contribution in [3.63, 3.8) is 0 Å². The van der Waals surface area contributed by atoms with Crippen molar-refractivity contribution in [2.75, 3.05) is 0 Å². The van der Waals surface area contributed by atoms with Crippen LogP contribution in [0.1, 0.15) is 41.5 Å². The minimum absolute atomic E-state index is 0.535. The topological polar surface area (TPSA) is 58.9 Å². The lowest BCUT2D eigenvalue weighted by Crippen LogP contribution is -2.51. The van der Waals surface area contributed by atoms with E-state index in [9.17, 15) is 10.2 Å². The average molecular weight is 218 g/mol. The summed E-state index contributed by atoms with van der Waals surface area (Å²) >= 11 is 0. The van der Waals surface area contributed by atoms with Gasteiger partial charge in [-0.25, -0.2) is 0 Å². The van der Waals surface area contributed by atoms with E-state index < -0.39 is 29.2 Å². The second-order valence-electron chi connectivity index (χ2n) is 5.78. The predicted molar refractivity (Wildman–Crippen MR) is 56.4 cm³/mol. The van der Waals surface area contributed by atoms with Gasteiger partial charge in [-0.15, -0.1) is 0 Å². The van der Waals surface area contributed by atoms with Crippen molar-refractivity contribution in [3.05, 3.63) is 0 Å². The van der Waals surface area contributed by atoms with Crippen molar-refractivity contribution in [2.24, 2.45) is 0 Å². The predicted octanol–water partition coefficient (Wildman–Crippen LogP) is 1.05. The Morgan fingerprint density at radius 1 is 0.867 bits per heavy atom. The molecule has 0 aromatic rings. The Balaban J connectivity index is 2.95. The molecular weight excluding hydrogens is 196 g/mol. The molecule has 1 aliphatic heterocycles. The third kappa shape index (κ3) is 2.91. The van der Waals surface area contributed by atoms with E-state index in [1.54, 1.807) is 41.5 Å². The largest absolute Gasteiger partial charge is 0.388 e. The van der Waals surface area contributed by atoms with E-state index in [0.29, 0.717) is 0 Å². The van der Waals surface area contributed by atoms with Crippen molar-refractivity contribution in [1.29, 1.82) is 0 Å². The number of aliphatic hydroxyl groups is 2. The molecule has 1 heterocycles. The highest BCUT2D eigenvalue weighted by atomic mass is 16.8. The third-order valence-corrected chi connectivity index (χ3v) is 2.49. The Morgan fingerprint density at radius 3 is 1.33 bits per heavy atom. The molecule has 15 heavy (non-hydrogen) atoms. The van der Waals surface area contributed by atoms with Crippen molar-refractivity contribution < 1.29 is 19.7 Å². The summed E-state index contributed by atoms with van der Waals surface area (Å²) in [6.07, 6.45) is -1.07. The fraction of sp³-hybridized carbons (Fsp3) is 1.00. The van der Waals surface area contributed by atoms with E-state index in [1.165, 1.54) is 0 Å². The first-order chi connectivity index (χ1) is 6.43. The molecule has 0 aromatic heterocycles. The molecule has 0 saturated carbocycles. The Labute approximate surface area is 91.2 Å². The monoisotopic (exact) mass is 218 g/mol. The molecule has 1 aliphatic rings. The van der Waals surface area contributed by atoms with Gasteiger partial charge in [-0.2, -0.15) is 0 Å². The van der Waals surface area contributed by atoms with E-state index >= 15 is 0 Å². The number of rotatable bonds is 2. The van der Waals surface area contributed by atoms with Crippen molar-refractivity contribution in [1.82, 2.24) is 0 Å². The molecule has 4 nitrogen and oxygen atoms in total. The highest BCUT2D eigenvalue weighted by Crippen LogP contribution is 2.38. The minimum Gasteiger partial charge on any atom is -0.388 e. The zero-order valence-electron chi connectivity index (χ0n) is 10.4. The van der Waals surface area contributed by atoms with Gasteiger partial charge in [0.1, 0.15) is 12.2 Å². The van der Waals surface area contributed by atoms with Gasteiger partial charge in [-0.3, -0.25) is 0 Å². The zero-order valence-corrected chi connectivity index (χ0v) is 10.4. The lowest BCUT2D eigenvalue weighted by atomic mass is 9.88. The molecule has 4 heteroatoms. The number of hydrogen-bond donors (Lipinski definition) is 2. The normalized spacial score (nSPS) is 32.0. The van der Waals surface area contributed by atoms with Crippen molar-refractivity contribution in [3.8, 4) is 0 Å². The molecule has 0 unspecified atom stereocenters. The fourth-order valence-electron chi connectivity index (χ4n) is 1.79. The Hall–Kier alpha value is -0.160. The molecule has 1 fully saturated rings. The molecular formula is C11H22O4. The molecule has 1 saturated heterocycles. The summed E-state index contributed by atoms with van der Waals surface area (Å²) in [5.74, 6) is -0.769. The van der Waals surface area contributed by atoms with Crippen LogP contribution in [0.2, 0.25) is 0 Å². The van der Waals surface area contributed by atoms with Gasteiger partial charge in [0.25, 0.3) is 0 Å². The zero-order chi connectivity index (χ0) is 12.1. The highest BCUT2D eigenvalue weighted by Gasteiger charge is 2.53.